The molecule has 1 N–H and O–H groups in total. The highest BCUT2D eigenvalue weighted by molar-refractivity contribution is 5.75. The number of aliphatic carboxylic acids is 1. The number of carboxylic acid groups (broad SMARTS) is 1. The first-order valence-electron chi connectivity index (χ1n) is 6.47. The molecule has 4 heteroatoms. The van der Waals surface area contributed by atoms with Gasteiger partial charge in [-0.1, -0.05) is 19.9 Å². The Morgan fingerprint density at radius 2 is 1.84 bits per heavy atom. The lowest BCUT2D eigenvalue weighted by Crippen LogP contribution is -2.32. The minimum atomic E-state index is -0.754. The van der Waals surface area contributed by atoms with E-state index >= 15 is 0 Å². The van der Waals surface area contributed by atoms with Gasteiger partial charge in [-0.05, 0) is 30.9 Å². The summed E-state index contributed by atoms with van der Waals surface area (Å²) in [7, 11) is 3.17. The molecule has 0 radical (unpaired) electrons. The van der Waals surface area contributed by atoms with E-state index in [0.29, 0.717) is 30.8 Å². The van der Waals surface area contributed by atoms with Crippen molar-refractivity contribution in [1.29, 1.82) is 0 Å². The Balaban J connectivity index is 3.12. The second-order valence-electron chi connectivity index (χ2n) is 4.65. The van der Waals surface area contributed by atoms with Crippen LogP contribution in [0.4, 0.5) is 0 Å². The fourth-order valence-electron chi connectivity index (χ4n) is 2.24. The average molecular weight is 266 g/mol. The third kappa shape index (κ3) is 3.19. The van der Waals surface area contributed by atoms with Crippen molar-refractivity contribution in [3.8, 4) is 11.5 Å². The quantitative estimate of drug-likeness (QED) is 0.823. The molecule has 19 heavy (non-hydrogen) atoms. The fraction of sp³-hybridized carbons (Fsp3) is 0.533. The Morgan fingerprint density at radius 3 is 2.26 bits per heavy atom. The zero-order chi connectivity index (χ0) is 14.5. The van der Waals surface area contributed by atoms with Gasteiger partial charge in [-0.2, -0.15) is 0 Å². The van der Waals surface area contributed by atoms with E-state index in [4.69, 9.17) is 9.47 Å². The maximum Gasteiger partial charge on any atom is 0.309 e. The summed E-state index contributed by atoms with van der Waals surface area (Å²) in [5.74, 6) is 0.622. The molecule has 1 aromatic rings. The van der Waals surface area contributed by atoms with Gasteiger partial charge in [0, 0.05) is 6.07 Å². The largest absolute Gasteiger partial charge is 0.497 e. The van der Waals surface area contributed by atoms with Crippen molar-refractivity contribution in [2.75, 3.05) is 14.2 Å². The molecule has 0 amide bonds. The second kappa shape index (κ2) is 6.45. The topological polar surface area (TPSA) is 55.8 Å². The molecule has 0 aliphatic carbocycles. The van der Waals surface area contributed by atoms with Crippen LogP contribution in [0.25, 0.3) is 0 Å². The zero-order valence-electron chi connectivity index (χ0n) is 12.0. The summed E-state index contributed by atoms with van der Waals surface area (Å²) in [6, 6.07) is 5.49. The van der Waals surface area contributed by atoms with Crippen LogP contribution in [0.15, 0.2) is 18.2 Å². The van der Waals surface area contributed by atoms with Gasteiger partial charge in [0.1, 0.15) is 11.5 Å². The summed E-state index contributed by atoms with van der Waals surface area (Å²) < 4.78 is 10.5. The molecule has 1 aromatic carbocycles. The number of rotatable bonds is 7. The molecule has 0 aromatic heterocycles. The molecule has 0 spiro atoms. The number of benzene rings is 1. The van der Waals surface area contributed by atoms with Crippen molar-refractivity contribution in [3.05, 3.63) is 23.8 Å². The molecule has 4 nitrogen and oxygen atoms in total. The smallest absolute Gasteiger partial charge is 0.309 e. The molecule has 106 valence electrons. The Kier molecular flexibility index (Phi) is 5.21. The van der Waals surface area contributed by atoms with Gasteiger partial charge in [-0.25, -0.2) is 0 Å². The van der Waals surface area contributed by atoms with Gasteiger partial charge in [0.05, 0.1) is 19.6 Å². The molecule has 0 saturated carbocycles. The first-order chi connectivity index (χ1) is 9.02. The van der Waals surface area contributed by atoms with Crippen LogP contribution in [0.5, 0.6) is 11.5 Å². The van der Waals surface area contributed by atoms with Crippen LogP contribution in [0.3, 0.4) is 0 Å². The van der Waals surface area contributed by atoms with E-state index in [9.17, 15) is 9.90 Å². The van der Waals surface area contributed by atoms with Gasteiger partial charge in [-0.3, -0.25) is 4.79 Å². The summed E-state index contributed by atoms with van der Waals surface area (Å²) >= 11 is 0. The fourth-order valence-corrected chi connectivity index (χ4v) is 2.24. The highest BCUT2D eigenvalue weighted by Crippen LogP contribution is 2.35. The second-order valence-corrected chi connectivity index (χ2v) is 4.65. The standard InChI is InChI=1S/C15H22O4/c1-5-15(6-2,14(16)17)10-11-7-8-12(18-3)9-13(11)19-4/h7-9H,5-6,10H2,1-4H3,(H,16,17). The molecule has 0 aliphatic heterocycles. The number of ether oxygens (including phenoxy) is 2. The Bertz CT molecular complexity index is 436. The van der Waals surface area contributed by atoms with E-state index in [-0.39, 0.29) is 0 Å². The Hall–Kier alpha value is -1.71. The maximum atomic E-state index is 11.5. The van der Waals surface area contributed by atoms with Gasteiger partial charge in [0.2, 0.25) is 0 Å². The molecule has 0 atom stereocenters. The molecule has 0 fully saturated rings. The van der Waals surface area contributed by atoms with Crippen molar-refractivity contribution >= 4 is 5.97 Å². The molecule has 0 saturated heterocycles. The van der Waals surface area contributed by atoms with Crippen molar-refractivity contribution < 1.29 is 19.4 Å². The predicted molar refractivity (Wildman–Crippen MR) is 73.9 cm³/mol. The number of hydrogen-bond acceptors (Lipinski definition) is 3. The summed E-state index contributed by atoms with van der Waals surface area (Å²) in [6.45, 7) is 3.82. The first kappa shape index (κ1) is 15.3. The van der Waals surface area contributed by atoms with E-state index < -0.39 is 11.4 Å². The summed E-state index contributed by atoms with van der Waals surface area (Å²) in [4.78, 5) is 11.5. The number of carboxylic acids is 1. The summed E-state index contributed by atoms with van der Waals surface area (Å²) in [6.07, 6.45) is 1.64. The van der Waals surface area contributed by atoms with E-state index in [2.05, 4.69) is 0 Å². The van der Waals surface area contributed by atoms with Crippen LogP contribution in [0, 0.1) is 5.41 Å². The molecule has 1 rings (SSSR count). The molecule has 0 unspecified atom stereocenters. The predicted octanol–water partition coefficient (Wildman–Crippen LogP) is 3.14. The van der Waals surface area contributed by atoms with Gasteiger partial charge in [0.25, 0.3) is 0 Å². The molecule has 0 bridgehead atoms. The van der Waals surface area contributed by atoms with Crippen molar-refractivity contribution in [3.63, 3.8) is 0 Å². The van der Waals surface area contributed by atoms with Crippen LogP contribution in [-0.2, 0) is 11.2 Å². The lowest BCUT2D eigenvalue weighted by molar-refractivity contribution is -0.149. The van der Waals surface area contributed by atoms with Gasteiger partial charge in [0.15, 0.2) is 0 Å². The molecular weight excluding hydrogens is 244 g/mol. The van der Waals surface area contributed by atoms with E-state index in [1.54, 1.807) is 20.3 Å². The van der Waals surface area contributed by atoms with Crippen LogP contribution >= 0.6 is 0 Å². The summed E-state index contributed by atoms with van der Waals surface area (Å²) in [5.41, 5.74) is 0.163. The third-order valence-electron chi connectivity index (χ3n) is 3.83. The lowest BCUT2D eigenvalue weighted by atomic mass is 9.77. The van der Waals surface area contributed by atoms with Crippen molar-refractivity contribution in [2.24, 2.45) is 5.41 Å². The Labute approximate surface area is 114 Å². The van der Waals surface area contributed by atoms with Crippen molar-refractivity contribution in [1.82, 2.24) is 0 Å². The maximum absolute atomic E-state index is 11.5. The highest BCUT2D eigenvalue weighted by atomic mass is 16.5. The molecular formula is C15H22O4. The van der Waals surface area contributed by atoms with E-state index in [0.717, 1.165) is 5.56 Å². The SMILES string of the molecule is CCC(CC)(Cc1ccc(OC)cc1OC)C(=O)O. The van der Waals surface area contributed by atoms with Crippen LogP contribution in [0.2, 0.25) is 0 Å². The number of hydrogen-bond donors (Lipinski definition) is 1. The van der Waals surface area contributed by atoms with Crippen LogP contribution < -0.4 is 9.47 Å². The average Bonchev–Trinajstić information content (AvgIpc) is 2.44. The monoisotopic (exact) mass is 266 g/mol. The van der Waals surface area contributed by atoms with E-state index in [1.165, 1.54) is 0 Å². The normalized spacial score (nSPS) is 11.2. The van der Waals surface area contributed by atoms with Gasteiger partial charge in [-0.15, -0.1) is 0 Å². The first-order valence-corrected chi connectivity index (χ1v) is 6.47. The van der Waals surface area contributed by atoms with Gasteiger partial charge < -0.3 is 14.6 Å². The zero-order valence-corrected chi connectivity index (χ0v) is 12.0. The van der Waals surface area contributed by atoms with Gasteiger partial charge >= 0.3 is 5.97 Å². The third-order valence-corrected chi connectivity index (χ3v) is 3.83. The minimum absolute atomic E-state index is 0.461. The highest BCUT2D eigenvalue weighted by Gasteiger charge is 2.35. The Morgan fingerprint density at radius 1 is 1.21 bits per heavy atom. The summed E-state index contributed by atoms with van der Waals surface area (Å²) in [5, 5.41) is 9.48. The van der Waals surface area contributed by atoms with Crippen LogP contribution in [-0.4, -0.2) is 25.3 Å². The minimum Gasteiger partial charge on any atom is -0.497 e. The van der Waals surface area contributed by atoms with Crippen LogP contribution in [0.1, 0.15) is 32.3 Å². The lowest BCUT2D eigenvalue weighted by Gasteiger charge is -2.27. The molecule has 0 aliphatic rings. The number of methoxy groups -OCH3 is 2. The number of carbonyl (C=O) groups is 1. The van der Waals surface area contributed by atoms with Crippen molar-refractivity contribution in [2.45, 2.75) is 33.1 Å². The van der Waals surface area contributed by atoms with E-state index in [1.807, 2.05) is 26.0 Å². The molecule has 0 heterocycles.